The van der Waals surface area contributed by atoms with Gasteiger partial charge in [-0.2, -0.15) is 17.5 Å². The monoisotopic (exact) mass is 302 g/mol. The number of hydrogen-bond donors (Lipinski definition) is 1. The van der Waals surface area contributed by atoms with Gasteiger partial charge < -0.3 is 10.6 Å². The van der Waals surface area contributed by atoms with E-state index >= 15 is 0 Å². The van der Waals surface area contributed by atoms with Crippen molar-refractivity contribution in [3.63, 3.8) is 0 Å². The molecule has 0 aliphatic heterocycles. The lowest BCUT2D eigenvalue weighted by atomic mass is 10.1. The number of anilines is 2. The molecule has 0 aliphatic rings. The number of nitrogens with two attached hydrogens (primary N) is 1. The standard InChI is InChI=1S/C12H13F3N4S/c1-2-19(7-12(13,14)15)11-9(10(16)18-20-11)8-3-5-17-6-4-8/h3-6H,2,7H2,1H3,(H2,16,18). The van der Waals surface area contributed by atoms with E-state index in [1.807, 2.05) is 0 Å². The summed E-state index contributed by atoms with van der Waals surface area (Å²) in [7, 11) is 0. The molecule has 0 saturated carbocycles. The first kappa shape index (κ1) is 14.6. The van der Waals surface area contributed by atoms with Gasteiger partial charge in [0, 0.05) is 18.9 Å². The molecule has 0 amide bonds. The van der Waals surface area contributed by atoms with E-state index in [1.54, 1.807) is 31.5 Å². The Balaban J connectivity index is 2.42. The fraction of sp³-hybridized carbons (Fsp3) is 0.333. The molecule has 0 bridgehead atoms. The van der Waals surface area contributed by atoms with Gasteiger partial charge in [-0.25, -0.2) is 0 Å². The van der Waals surface area contributed by atoms with E-state index in [9.17, 15) is 13.2 Å². The van der Waals surface area contributed by atoms with Crippen molar-refractivity contribution in [2.45, 2.75) is 13.1 Å². The van der Waals surface area contributed by atoms with Gasteiger partial charge in [-0.15, -0.1) is 0 Å². The summed E-state index contributed by atoms with van der Waals surface area (Å²) in [4.78, 5) is 5.11. The first-order chi connectivity index (χ1) is 9.42. The smallest absolute Gasteiger partial charge is 0.382 e. The zero-order valence-electron chi connectivity index (χ0n) is 10.7. The summed E-state index contributed by atoms with van der Waals surface area (Å²) < 4.78 is 41.8. The second-order valence-corrected chi connectivity index (χ2v) is 4.87. The summed E-state index contributed by atoms with van der Waals surface area (Å²) in [6.07, 6.45) is -1.14. The Morgan fingerprint density at radius 2 is 1.95 bits per heavy atom. The summed E-state index contributed by atoms with van der Waals surface area (Å²) in [6.45, 7) is 0.862. The maximum absolute atomic E-state index is 12.6. The second-order valence-electron chi connectivity index (χ2n) is 4.11. The third-order valence-corrected chi connectivity index (χ3v) is 3.63. The number of alkyl halides is 3. The molecule has 2 N–H and O–H groups in total. The molecular weight excluding hydrogens is 289 g/mol. The predicted octanol–water partition coefficient (Wildman–Crippen LogP) is 3.18. The fourth-order valence-corrected chi connectivity index (χ4v) is 2.74. The van der Waals surface area contributed by atoms with E-state index in [1.165, 1.54) is 4.90 Å². The van der Waals surface area contributed by atoms with Crippen molar-refractivity contribution >= 4 is 22.4 Å². The van der Waals surface area contributed by atoms with E-state index in [4.69, 9.17) is 5.73 Å². The third-order valence-electron chi connectivity index (χ3n) is 2.71. The predicted molar refractivity (Wildman–Crippen MR) is 73.7 cm³/mol. The van der Waals surface area contributed by atoms with Crippen LogP contribution in [0.5, 0.6) is 0 Å². The summed E-state index contributed by atoms with van der Waals surface area (Å²) in [6, 6.07) is 3.40. The van der Waals surface area contributed by atoms with Crippen molar-refractivity contribution in [3.8, 4) is 11.1 Å². The molecular formula is C12H13F3N4S. The number of nitrogen functional groups attached to an aromatic ring is 1. The van der Waals surface area contributed by atoms with Gasteiger partial charge in [0.15, 0.2) is 0 Å². The minimum absolute atomic E-state index is 0.221. The molecule has 2 rings (SSSR count). The van der Waals surface area contributed by atoms with Gasteiger partial charge in [-0.3, -0.25) is 4.98 Å². The van der Waals surface area contributed by atoms with Crippen LogP contribution in [0.15, 0.2) is 24.5 Å². The number of hydrogen-bond acceptors (Lipinski definition) is 5. The molecule has 8 heteroatoms. The Hall–Kier alpha value is -1.83. The Kier molecular flexibility index (Phi) is 4.12. The molecule has 0 unspecified atom stereocenters. The zero-order chi connectivity index (χ0) is 14.8. The van der Waals surface area contributed by atoms with Crippen LogP contribution < -0.4 is 10.6 Å². The Bertz CT molecular complexity index is 568. The Morgan fingerprint density at radius 1 is 1.30 bits per heavy atom. The van der Waals surface area contributed by atoms with Gasteiger partial charge in [-0.05, 0) is 36.2 Å². The molecule has 2 aromatic rings. The number of aromatic nitrogens is 2. The average molecular weight is 302 g/mol. The quantitative estimate of drug-likeness (QED) is 0.942. The van der Waals surface area contributed by atoms with E-state index in [0.717, 1.165) is 11.5 Å². The molecule has 0 atom stereocenters. The van der Waals surface area contributed by atoms with Crippen molar-refractivity contribution in [2.75, 3.05) is 23.7 Å². The van der Waals surface area contributed by atoms with Crippen LogP contribution >= 0.6 is 11.5 Å². The third kappa shape index (κ3) is 3.19. The van der Waals surface area contributed by atoms with Crippen LogP contribution in [0.2, 0.25) is 0 Å². The molecule has 0 aromatic carbocycles. The number of halogens is 3. The fourth-order valence-electron chi connectivity index (χ4n) is 1.84. The van der Waals surface area contributed by atoms with Crippen LogP contribution in [-0.4, -0.2) is 28.6 Å². The van der Waals surface area contributed by atoms with E-state index in [2.05, 4.69) is 9.36 Å². The molecule has 2 heterocycles. The van der Waals surface area contributed by atoms with Crippen LogP contribution in [0.25, 0.3) is 11.1 Å². The summed E-state index contributed by atoms with van der Waals surface area (Å²) in [5.74, 6) is 0.233. The van der Waals surface area contributed by atoms with Crippen LogP contribution in [0.4, 0.5) is 24.0 Å². The highest BCUT2D eigenvalue weighted by Gasteiger charge is 2.32. The molecule has 0 saturated heterocycles. The molecule has 20 heavy (non-hydrogen) atoms. The molecule has 2 aromatic heterocycles. The molecule has 108 valence electrons. The Morgan fingerprint density at radius 3 is 2.50 bits per heavy atom. The van der Waals surface area contributed by atoms with Crippen LogP contribution in [-0.2, 0) is 0 Å². The summed E-state index contributed by atoms with van der Waals surface area (Å²) >= 11 is 0.975. The van der Waals surface area contributed by atoms with Crippen molar-refractivity contribution < 1.29 is 13.2 Å². The first-order valence-corrected chi connectivity index (χ1v) is 6.67. The van der Waals surface area contributed by atoms with Gasteiger partial charge in [-0.1, -0.05) is 0 Å². The molecule has 0 aliphatic carbocycles. The van der Waals surface area contributed by atoms with E-state index in [-0.39, 0.29) is 12.4 Å². The lowest BCUT2D eigenvalue weighted by molar-refractivity contribution is -0.119. The van der Waals surface area contributed by atoms with E-state index < -0.39 is 12.7 Å². The van der Waals surface area contributed by atoms with Gasteiger partial charge >= 0.3 is 6.18 Å². The van der Waals surface area contributed by atoms with Gasteiger partial charge in [0.05, 0.1) is 5.56 Å². The van der Waals surface area contributed by atoms with Crippen LogP contribution in [0.3, 0.4) is 0 Å². The van der Waals surface area contributed by atoms with Crippen molar-refractivity contribution in [1.29, 1.82) is 0 Å². The molecule has 4 nitrogen and oxygen atoms in total. The van der Waals surface area contributed by atoms with Crippen molar-refractivity contribution in [1.82, 2.24) is 9.36 Å². The highest BCUT2D eigenvalue weighted by molar-refractivity contribution is 7.11. The Labute approximate surface area is 118 Å². The normalized spacial score (nSPS) is 11.6. The van der Waals surface area contributed by atoms with Gasteiger partial charge in [0.2, 0.25) is 0 Å². The largest absolute Gasteiger partial charge is 0.405 e. The molecule has 0 spiro atoms. The minimum Gasteiger partial charge on any atom is -0.382 e. The minimum atomic E-state index is -4.27. The zero-order valence-corrected chi connectivity index (χ0v) is 11.5. The highest BCUT2D eigenvalue weighted by atomic mass is 32.1. The maximum Gasteiger partial charge on any atom is 0.405 e. The highest BCUT2D eigenvalue weighted by Crippen LogP contribution is 2.39. The van der Waals surface area contributed by atoms with Gasteiger partial charge in [0.25, 0.3) is 0 Å². The lowest BCUT2D eigenvalue weighted by Crippen LogP contribution is -2.33. The molecule has 0 radical (unpaired) electrons. The average Bonchev–Trinajstić information content (AvgIpc) is 2.78. The number of nitrogens with zero attached hydrogens (tertiary/aromatic N) is 3. The number of pyridine rings is 1. The van der Waals surface area contributed by atoms with Crippen molar-refractivity contribution in [3.05, 3.63) is 24.5 Å². The number of rotatable bonds is 4. The second kappa shape index (κ2) is 5.66. The van der Waals surface area contributed by atoms with Crippen molar-refractivity contribution in [2.24, 2.45) is 0 Å². The van der Waals surface area contributed by atoms with Crippen LogP contribution in [0.1, 0.15) is 6.92 Å². The van der Waals surface area contributed by atoms with Crippen LogP contribution in [0, 0.1) is 0 Å². The summed E-state index contributed by atoms with van der Waals surface area (Å²) in [5.41, 5.74) is 7.04. The summed E-state index contributed by atoms with van der Waals surface area (Å²) in [5, 5.41) is 0.425. The topological polar surface area (TPSA) is 55.0 Å². The lowest BCUT2D eigenvalue weighted by Gasteiger charge is -2.23. The SMILES string of the molecule is CCN(CC(F)(F)F)c1snc(N)c1-c1ccncc1. The van der Waals surface area contributed by atoms with Gasteiger partial charge in [0.1, 0.15) is 17.4 Å². The molecule has 0 fully saturated rings. The maximum atomic E-state index is 12.6. The first-order valence-electron chi connectivity index (χ1n) is 5.89. The van der Waals surface area contributed by atoms with E-state index in [0.29, 0.717) is 16.1 Å².